The molecule has 1 fully saturated rings. The summed E-state index contributed by atoms with van der Waals surface area (Å²) in [5.74, 6) is -0.200. The average molecular weight is 355 g/mol. The maximum atomic E-state index is 11.8. The van der Waals surface area contributed by atoms with Crippen molar-refractivity contribution in [2.75, 3.05) is 20.1 Å². The Kier molecular flexibility index (Phi) is 4.54. The molecule has 3 heterocycles. The number of hydrogen-bond donors (Lipinski definition) is 1. The molecule has 1 aromatic heterocycles. The van der Waals surface area contributed by atoms with Crippen molar-refractivity contribution in [1.82, 2.24) is 14.5 Å². The van der Waals surface area contributed by atoms with Gasteiger partial charge in [-0.1, -0.05) is 24.3 Å². The molecule has 6 heteroatoms. The molecule has 1 atom stereocenters. The van der Waals surface area contributed by atoms with Gasteiger partial charge >= 0.3 is 5.97 Å². The van der Waals surface area contributed by atoms with E-state index in [1.807, 2.05) is 16.7 Å². The van der Waals surface area contributed by atoms with E-state index in [1.165, 1.54) is 5.56 Å². The zero-order valence-corrected chi connectivity index (χ0v) is 15.3. The fourth-order valence-corrected chi connectivity index (χ4v) is 4.13. The summed E-state index contributed by atoms with van der Waals surface area (Å²) in [6.45, 7) is 4.42. The lowest BCUT2D eigenvalue weighted by molar-refractivity contribution is -0.0276. The Labute approximate surface area is 153 Å². The molecule has 2 aliphatic rings. The number of aromatic nitrogens is 2. The van der Waals surface area contributed by atoms with Crippen molar-refractivity contribution < 1.29 is 14.6 Å². The SMILES string of the molecule is Cc1nc2n(c1C(=O)O)CCc1ccccc1C2OC1CCN(C)CC1. The van der Waals surface area contributed by atoms with Gasteiger partial charge in [-0.15, -0.1) is 0 Å². The molecule has 6 nitrogen and oxygen atoms in total. The lowest BCUT2D eigenvalue weighted by Gasteiger charge is -2.32. The number of nitrogens with zero attached hydrogens (tertiary/aromatic N) is 3. The fourth-order valence-electron chi connectivity index (χ4n) is 4.13. The first-order valence-corrected chi connectivity index (χ1v) is 9.26. The number of aromatic carboxylic acids is 1. The van der Waals surface area contributed by atoms with Gasteiger partial charge in [0.05, 0.1) is 11.8 Å². The van der Waals surface area contributed by atoms with Crippen molar-refractivity contribution in [3.63, 3.8) is 0 Å². The van der Waals surface area contributed by atoms with E-state index in [0.29, 0.717) is 12.2 Å². The minimum atomic E-state index is -0.926. The van der Waals surface area contributed by atoms with Crippen molar-refractivity contribution in [2.24, 2.45) is 0 Å². The number of aryl methyl sites for hydroxylation is 2. The number of likely N-dealkylation sites (tertiary alicyclic amines) is 1. The van der Waals surface area contributed by atoms with Crippen LogP contribution >= 0.6 is 0 Å². The molecular weight excluding hydrogens is 330 g/mol. The highest BCUT2D eigenvalue weighted by atomic mass is 16.5. The van der Waals surface area contributed by atoms with Crippen molar-refractivity contribution in [3.8, 4) is 0 Å². The van der Waals surface area contributed by atoms with Crippen LogP contribution in [-0.2, 0) is 17.7 Å². The summed E-state index contributed by atoms with van der Waals surface area (Å²) in [7, 11) is 2.13. The van der Waals surface area contributed by atoms with Crippen LogP contribution in [0.5, 0.6) is 0 Å². The molecule has 1 aromatic carbocycles. The topological polar surface area (TPSA) is 67.6 Å². The second kappa shape index (κ2) is 6.85. The number of piperidine rings is 1. The lowest BCUT2D eigenvalue weighted by Crippen LogP contribution is -2.35. The van der Waals surface area contributed by atoms with E-state index in [-0.39, 0.29) is 17.9 Å². The van der Waals surface area contributed by atoms with Crippen LogP contribution in [0.4, 0.5) is 0 Å². The number of carboxylic acids is 1. The predicted octanol–water partition coefficient (Wildman–Crippen LogP) is 2.65. The predicted molar refractivity (Wildman–Crippen MR) is 97.5 cm³/mol. The van der Waals surface area contributed by atoms with E-state index in [4.69, 9.17) is 4.74 Å². The Morgan fingerprint density at radius 3 is 2.69 bits per heavy atom. The van der Waals surface area contributed by atoms with E-state index in [0.717, 1.165) is 43.7 Å². The van der Waals surface area contributed by atoms with Crippen LogP contribution in [0.3, 0.4) is 0 Å². The highest BCUT2D eigenvalue weighted by Gasteiger charge is 2.33. The van der Waals surface area contributed by atoms with Gasteiger partial charge in [0, 0.05) is 19.6 Å². The molecule has 2 aliphatic heterocycles. The molecule has 0 bridgehead atoms. The lowest BCUT2D eigenvalue weighted by atomic mass is 10.00. The summed E-state index contributed by atoms with van der Waals surface area (Å²) in [5, 5.41) is 9.65. The van der Waals surface area contributed by atoms with Gasteiger partial charge in [0.15, 0.2) is 0 Å². The molecule has 0 spiro atoms. The van der Waals surface area contributed by atoms with Gasteiger partial charge in [0.25, 0.3) is 0 Å². The number of imidazole rings is 1. The summed E-state index contributed by atoms with van der Waals surface area (Å²) in [6.07, 6.45) is 2.61. The van der Waals surface area contributed by atoms with E-state index in [9.17, 15) is 9.90 Å². The van der Waals surface area contributed by atoms with Crippen LogP contribution in [0.1, 0.15) is 52.1 Å². The van der Waals surface area contributed by atoms with Crippen LogP contribution < -0.4 is 0 Å². The summed E-state index contributed by atoms with van der Waals surface area (Å²) >= 11 is 0. The van der Waals surface area contributed by atoms with Crippen molar-refractivity contribution >= 4 is 5.97 Å². The number of carboxylic acid groups (broad SMARTS) is 1. The van der Waals surface area contributed by atoms with Crippen LogP contribution in [0.15, 0.2) is 24.3 Å². The summed E-state index contributed by atoms with van der Waals surface area (Å²) in [6, 6.07) is 8.26. The molecular formula is C20H25N3O3. The molecule has 138 valence electrons. The Bertz CT molecular complexity index is 822. The first kappa shape index (κ1) is 17.2. The number of rotatable bonds is 3. The summed E-state index contributed by atoms with van der Waals surface area (Å²) < 4.78 is 8.40. The minimum Gasteiger partial charge on any atom is -0.477 e. The molecule has 1 N–H and O–H groups in total. The third-order valence-corrected chi connectivity index (χ3v) is 5.54. The Morgan fingerprint density at radius 1 is 1.23 bits per heavy atom. The molecule has 0 radical (unpaired) electrons. The second-order valence-corrected chi connectivity index (χ2v) is 7.33. The Morgan fingerprint density at radius 2 is 1.96 bits per heavy atom. The van der Waals surface area contributed by atoms with Gasteiger partial charge in [0.2, 0.25) is 0 Å². The Hall–Kier alpha value is -2.18. The van der Waals surface area contributed by atoms with E-state index in [2.05, 4.69) is 29.1 Å². The molecule has 0 aliphatic carbocycles. The maximum absolute atomic E-state index is 11.8. The zero-order valence-electron chi connectivity index (χ0n) is 15.3. The highest BCUT2D eigenvalue weighted by Crippen LogP contribution is 2.35. The van der Waals surface area contributed by atoms with Crippen LogP contribution in [-0.4, -0.2) is 51.8 Å². The largest absolute Gasteiger partial charge is 0.477 e. The molecule has 1 saturated heterocycles. The molecule has 4 rings (SSSR count). The van der Waals surface area contributed by atoms with Gasteiger partial charge in [-0.2, -0.15) is 0 Å². The number of hydrogen-bond acceptors (Lipinski definition) is 4. The second-order valence-electron chi connectivity index (χ2n) is 7.33. The first-order chi connectivity index (χ1) is 12.5. The van der Waals surface area contributed by atoms with Gasteiger partial charge in [-0.3, -0.25) is 0 Å². The number of carbonyl (C=O) groups is 1. The number of fused-ring (bicyclic) bond motifs is 2. The fraction of sp³-hybridized carbons (Fsp3) is 0.500. The van der Waals surface area contributed by atoms with Gasteiger partial charge in [-0.25, -0.2) is 9.78 Å². The highest BCUT2D eigenvalue weighted by molar-refractivity contribution is 5.87. The maximum Gasteiger partial charge on any atom is 0.354 e. The van der Waals surface area contributed by atoms with Crippen LogP contribution in [0.25, 0.3) is 0 Å². The minimum absolute atomic E-state index is 0.168. The normalized spacial score (nSPS) is 21.1. The zero-order chi connectivity index (χ0) is 18.3. The van der Waals surface area contributed by atoms with E-state index >= 15 is 0 Å². The first-order valence-electron chi connectivity index (χ1n) is 9.26. The number of ether oxygens (including phenoxy) is 1. The van der Waals surface area contributed by atoms with Gasteiger partial charge < -0.3 is 19.3 Å². The van der Waals surface area contributed by atoms with Crippen molar-refractivity contribution in [2.45, 2.75) is 44.9 Å². The van der Waals surface area contributed by atoms with Crippen LogP contribution in [0, 0.1) is 6.92 Å². The number of benzene rings is 1. The van der Waals surface area contributed by atoms with E-state index < -0.39 is 5.97 Å². The molecule has 26 heavy (non-hydrogen) atoms. The standard InChI is InChI=1S/C20H25N3O3/c1-13-17(20(24)25)23-12-7-14-5-3-4-6-16(14)18(19(23)21-13)26-15-8-10-22(2)11-9-15/h3-6,15,18H,7-12H2,1-2H3,(H,24,25). The van der Waals surface area contributed by atoms with Gasteiger partial charge in [-0.05, 0) is 44.4 Å². The average Bonchev–Trinajstić information content (AvgIpc) is 2.88. The molecule has 2 aromatic rings. The van der Waals surface area contributed by atoms with Gasteiger partial charge in [0.1, 0.15) is 17.6 Å². The van der Waals surface area contributed by atoms with Crippen LogP contribution in [0.2, 0.25) is 0 Å². The quantitative estimate of drug-likeness (QED) is 0.917. The van der Waals surface area contributed by atoms with Crippen molar-refractivity contribution in [1.29, 1.82) is 0 Å². The van der Waals surface area contributed by atoms with Crippen molar-refractivity contribution in [3.05, 3.63) is 52.6 Å². The van der Waals surface area contributed by atoms with E-state index in [1.54, 1.807) is 6.92 Å². The third-order valence-electron chi connectivity index (χ3n) is 5.54. The molecule has 0 amide bonds. The molecule has 1 unspecified atom stereocenters. The third kappa shape index (κ3) is 3.04. The summed E-state index contributed by atoms with van der Waals surface area (Å²) in [4.78, 5) is 18.7. The monoisotopic (exact) mass is 355 g/mol. The molecule has 0 saturated carbocycles. The summed E-state index contributed by atoms with van der Waals surface area (Å²) in [5.41, 5.74) is 3.17. The Balaban J connectivity index is 1.76. The smallest absolute Gasteiger partial charge is 0.354 e.